The van der Waals surface area contributed by atoms with Crippen molar-refractivity contribution in [2.45, 2.75) is 6.54 Å². The zero-order valence-corrected chi connectivity index (χ0v) is 13.2. The second-order valence-electron chi connectivity index (χ2n) is 5.47. The minimum Gasteiger partial charge on any atom is -0.467 e. The fraction of sp³-hybridized carbons (Fsp3) is 0.250. The van der Waals surface area contributed by atoms with Crippen molar-refractivity contribution in [3.8, 4) is 0 Å². The predicted molar refractivity (Wildman–Crippen MR) is 87.4 cm³/mol. The van der Waals surface area contributed by atoms with Crippen LogP contribution >= 0.6 is 0 Å². The highest BCUT2D eigenvalue weighted by Crippen LogP contribution is 2.18. The number of hydrogen-bond acceptors (Lipinski definition) is 3. The molecule has 120 valence electrons. The number of urea groups is 1. The SMILES string of the molecule is CN(Cc1ccco1)C(=O)Nc1ccc2c(c1)n(C)c(=O)n2C. The zero-order chi connectivity index (χ0) is 16.6. The van der Waals surface area contributed by atoms with E-state index in [1.807, 2.05) is 12.1 Å². The van der Waals surface area contributed by atoms with Crippen molar-refractivity contribution in [3.05, 3.63) is 52.8 Å². The molecule has 23 heavy (non-hydrogen) atoms. The van der Waals surface area contributed by atoms with E-state index in [1.165, 1.54) is 4.90 Å². The summed E-state index contributed by atoms with van der Waals surface area (Å²) >= 11 is 0. The van der Waals surface area contributed by atoms with Crippen molar-refractivity contribution in [3.63, 3.8) is 0 Å². The number of nitrogens with zero attached hydrogens (tertiary/aromatic N) is 3. The number of nitrogens with one attached hydrogen (secondary N) is 1. The van der Waals surface area contributed by atoms with Crippen LogP contribution in [0.2, 0.25) is 0 Å². The molecule has 7 nitrogen and oxygen atoms in total. The smallest absolute Gasteiger partial charge is 0.328 e. The van der Waals surface area contributed by atoms with Crippen LogP contribution in [-0.4, -0.2) is 27.1 Å². The molecule has 2 amide bonds. The molecule has 0 aliphatic heterocycles. The number of fused-ring (bicyclic) bond motifs is 1. The first kappa shape index (κ1) is 15.0. The van der Waals surface area contributed by atoms with E-state index in [2.05, 4.69) is 5.32 Å². The molecule has 0 saturated carbocycles. The number of carbonyl (C=O) groups excluding carboxylic acids is 1. The van der Waals surface area contributed by atoms with E-state index in [4.69, 9.17) is 4.42 Å². The van der Waals surface area contributed by atoms with Gasteiger partial charge in [-0.05, 0) is 30.3 Å². The lowest BCUT2D eigenvalue weighted by Crippen LogP contribution is -2.30. The molecule has 0 atom stereocenters. The van der Waals surface area contributed by atoms with Crippen LogP contribution in [0.4, 0.5) is 10.5 Å². The summed E-state index contributed by atoms with van der Waals surface area (Å²) in [6.45, 7) is 0.380. The van der Waals surface area contributed by atoms with E-state index < -0.39 is 0 Å². The highest BCUT2D eigenvalue weighted by atomic mass is 16.3. The molecule has 1 aromatic carbocycles. The number of furan rings is 1. The Hall–Kier alpha value is -2.96. The molecule has 3 aromatic rings. The van der Waals surface area contributed by atoms with Crippen molar-refractivity contribution >= 4 is 22.8 Å². The number of carbonyl (C=O) groups is 1. The third-order valence-corrected chi connectivity index (χ3v) is 3.84. The topological polar surface area (TPSA) is 72.4 Å². The third-order valence-electron chi connectivity index (χ3n) is 3.84. The molecule has 3 rings (SSSR count). The number of aromatic nitrogens is 2. The largest absolute Gasteiger partial charge is 0.467 e. The molecule has 0 saturated heterocycles. The Morgan fingerprint density at radius 2 is 1.96 bits per heavy atom. The Morgan fingerprint density at radius 3 is 2.65 bits per heavy atom. The molecule has 1 N–H and O–H groups in total. The monoisotopic (exact) mass is 314 g/mol. The number of anilines is 1. The molecule has 2 aromatic heterocycles. The lowest BCUT2D eigenvalue weighted by Gasteiger charge is -2.16. The van der Waals surface area contributed by atoms with Crippen molar-refractivity contribution < 1.29 is 9.21 Å². The highest BCUT2D eigenvalue weighted by Gasteiger charge is 2.13. The summed E-state index contributed by atoms with van der Waals surface area (Å²) in [7, 11) is 5.12. The summed E-state index contributed by atoms with van der Waals surface area (Å²) in [6.07, 6.45) is 1.57. The van der Waals surface area contributed by atoms with Crippen molar-refractivity contribution in [1.82, 2.24) is 14.0 Å². The van der Waals surface area contributed by atoms with Crippen LogP contribution in [0.5, 0.6) is 0 Å². The maximum absolute atomic E-state index is 12.2. The molecule has 7 heteroatoms. The molecular formula is C16H18N4O3. The Kier molecular flexibility index (Phi) is 3.69. The van der Waals surface area contributed by atoms with Gasteiger partial charge in [-0.1, -0.05) is 0 Å². The predicted octanol–water partition coefficient (Wildman–Crippen LogP) is 2.13. The highest BCUT2D eigenvalue weighted by molar-refractivity contribution is 5.92. The van der Waals surface area contributed by atoms with Crippen LogP contribution in [0, 0.1) is 0 Å². The quantitative estimate of drug-likeness (QED) is 0.805. The minimum atomic E-state index is -0.248. The first-order chi connectivity index (χ1) is 11.0. The van der Waals surface area contributed by atoms with E-state index >= 15 is 0 Å². The fourth-order valence-corrected chi connectivity index (χ4v) is 2.51. The van der Waals surface area contributed by atoms with Gasteiger partial charge in [-0.2, -0.15) is 0 Å². The van der Waals surface area contributed by atoms with Crippen molar-refractivity contribution in [2.75, 3.05) is 12.4 Å². The van der Waals surface area contributed by atoms with Gasteiger partial charge in [0.1, 0.15) is 5.76 Å². The lowest BCUT2D eigenvalue weighted by atomic mass is 10.2. The van der Waals surface area contributed by atoms with Crippen LogP contribution in [-0.2, 0) is 20.6 Å². The Balaban J connectivity index is 1.79. The lowest BCUT2D eigenvalue weighted by molar-refractivity contribution is 0.217. The maximum Gasteiger partial charge on any atom is 0.328 e. The molecule has 0 fully saturated rings. The van der Waals surface area contributed by atoms with E-state index in [0.717, 1.165) is 11.0 Å². The number of hydrogen-bond donors (Lipinski definition) is 1. The molecule has 0 aliphatic carbocycles. The summed E-state index contributed by atoms with van der Waals surface area (Å²) in [6, 6.07) is 8.73. The van der Waals surface area contributed by atoms with Gasteiger partial charge in [0, 0.05) is 26.8 Å². The summed E-state index contributed by atoms with van der Waals surface area (Å²) in [4.78, 5) is 25.7. The van der Waals surface area contributed by atoms with Gasteiger partial charge in [0.2, 0.25) is 0 Å². The number of aryl methyl sites for hydroxylation is 2. The molecule has 0 spiro atoms. The van der Waals surface area contributed by atoms with Crippen LogP contribution in [0.25, 0.3) is 11.0 Å². The molecule has 0 bridgehead atoms. The van der Waals surface area contributed by atoms with Crippen molar-refractivity contribution in [2.24, 2.45) is 14.1 Å². The van der Waals surface area contributed by atoms with Gasteiger partial charge >= 0.3 is 11.7 Å². The zero-order valence-electron chi connectivity index (χ0n) is 13.2. The average Bonchev–Trinajstić information content (AvgIpc) is 3.11. The summed E-state index contributed by atoms with van der Waals surface area (Å²) in [5, 5.41) is 2.82. The third kappa shape index (κ3) is 2.73. The van der Waals surface area contributed by atoms with E-state index in [1.54, 1.807) is 54.7 Å². The molecule has 2 heterocycles. The second-order valence-corrected chi connectivity index (χ2v) is 5.47. The number of rotatable bonds is 3. The van der Waals surface area contributed by atoms with Crippen LogP contribution in [0.15, 0.2) is 45.8 Å². The van der Waals surface area contributed by atoms with E-state index in [-0.39, 0.29) is 11.7 Å². The van der Waals surface area contributed by atoms with Crippen LogP contribution in [0.1, 0.15) is 5.76 Å². The Bertz CT molecular complexity index is 905. The van der Waals surface area contributed by atoms with Gasteiger partial charge in [-0.3, -0.25) is 9.13 Å². The molecule has 0 radical (unpaired) electrons. The summed E-state index contributed by atoms with van der Waals surface area (Å²) in [5.41, 5.74) is 2.12. The first-order valence-corrected chi connectivity index (χ1v) is 7.17. The van der Waals surface area contributed by atoms with E-state index in [0.29, 0.717) is 18.0 Å². The number of amides is 2. The first-order valence-electron chi connectivity index (χ1n) is 7.17. The normalized spacial score (nSPS) is 10.9. The standard InChI is InChI=1S/C16H18N4O3/c1-18(10-12-5-4-8-23-12)15(21)17-11-6-7-13-14(9-11)20(3)16(22)19(13)2/h4-9H,10H2,1-3H3,(H,17,21). The van der Waals surface area contributed by atoms with Gasteiger partial charge in [-0.15, -0.1) is 0 Å². The van der Waals surface area contributed by atoms with Gasteiger partial charge in [-0.25, -0.2) is 9.59 Å². The Morgan fingerprint density at radius 1 is 1.22 bits per heavy atom. The molecule has 0 unspecified atom stereocenters. The summed E-state index contributed by atoms with van der Waals surface area (Å²) in [5.74, 6) is 0.712. The van der Waals surface area contributed by atoms with Gasteiger partial charge in [0.05, 0.1) is 23.8 Å². The van der Waals surface area contributed by atoms with Crippen LogP contribution in [0.3, 0.4) is 0 Å². The average molecular weight is 314 g/mol. The molecule has 0 aliphatic rings. The van der Waals surface area contributed by atoms with Gasteiger partial charge < -0.3 is 14.6 Å². The Labute approximate surface area is 132 Å². The van der Waals surface area contributed by atoms with Crippen LogP contribution < -0.4 is 11.0 Å². The fourth-order valence-electron chi connectivity index (χ4n) is 2.51. The van der Waals surface area contributed by atoms with Gasteiger partial charge in [0.25, 0.3) is 0 Å². The second kappa shape index (κ2) is 5.68. The number of imidazole rings is 1. The minimum absolute atomic E-state index is 0.0987. The van der Waals surface area contributed by atoms with Crippen molar-refractivity contribution in [1.29, 1.82) is 0 Å². The molecular weight excluding hydrogens is 296 g/mol. The number of benzene rings is 1. The van der Waals surface area contributed by atoms with Gasteiger partial charge in [0.15, 0.2) is 0 Å². The maximum atomic E-state index is 12.2. The van der Waals surface area contributed by atoms with E-state index in [9.17, 15) is 9.59 Å². The summed E-state index contributed by atoms with van der Waals surface area (Å²) < 4.78 is 8.36.